The van der Waals surface area contributed by atoms with E-state index in [0.29, 0.717) is 12.1 Å². The van der Waals surface area contributed by atoms with Crippen molar-refractivity contribution in [2.45, 2.75) is 50.6 Å². The Balaban J connectivity index is 1.38. The molecule has 3 aliphatic rings. The second-order valence-corrected chi connectivity index (χ2v) is 6.75. The van der Waals surface area contributed by atoms with E-state index in [4.69, 9.17) is 0 Å². The van der Waals surface area contributed by atoms with E-state index >= 15 is 0 Å². The standard InChI is InChI=1S/C17H22N2O/c20-17(19-15-7-8-15)12-3-5-14(6-4-12)18-16-10-11-1-2-13(16)9-11/h3-6,11,13,15-16,18H,1-2,7-10H2,(H,19,20). The number of carbonyl (C=O) groups is 1. The van der Waals surface area contributed by atoms with Gasteiger partial charge in [0.25, 0.3) is 5.91 Å². The number of nitrogens with one attached hydrogen (secondary N) is 2. The van der Waals surface area contributed by atoms with Crippen LogP contribution >= 0.6 is 0 Å². The maximum Gasteiger partial charge on any atom is 0.251 e. The minimum atomic E-state index is 0.0685. The summed E-state index contributed by atoms with van der Waals surface area (Å²) >= 11 is 0. The summed E-state index contributed by atoms with van der Waals surface area (Å²) in [6.07, 6.45) is 7.84. The van der Waals surface area contributed by atoms with E-state index in [-0.39, 0.29) is 5.91 Å². The molecule has 3 heteroatoms. The highest BCUT2D eigenvalue weighted by Gasteiger charge is 2.39. The van der Waals surface area contributed by atoms with Gasteiger partial charge in [-0.15, -0.1) is 0 Å². The molecule has 0 aliphatic heterocycles. The summed E-state index contributed by atoms with van der Waals surface area (Å²) in [7, 11) is 0. The van der Waals surface area contributed by atoms with Crippen molar-refractivity contribution < 1.29 is 4.79 Å². The third-order valence-electron chi connectivity index (χ3n) is 5.15. The number of hydrogen-bond acceptors (Lipinski definition) is 2. The van der Waals surface area contributed by atoms with Gasteiger partial charge in [0.2, 0.25) is 0 Å². The number of benzene rings is 1. The molecule has 2 bridgehead atoms. The molecule has 0 saturated heterocycles. The minimum absolute atomic E-state index is 0.0685. The summed E-state index contributed by atoms with van der Waals surface area (Å²) in [5.41, 5.74) is 1.93. The van der Waals surface area contributed by atoms with E-state index in [0.717, 1.165) is 35.9 Å². The normalized spacial score (nSPS) is 31.3. The van der Waals surface area contributed by atoms with Gasteiger partial charge < -0.3 is 10.6 Å². The summed E-state index contributed by atoms with van der Waals surface area (Å²) in [6, 6.07) is 9.05. The van der Waals surface area contributed by atoms with E-state index in [1.54, 1.807) is 0 Å². The second-order valence-electron chi connectivity index (χ2n) is 6.75. The Morgan fingerprint density at radius 3 is 2.40 bits per heavy atom. The van der Waals surface area contributed by atoms with Crippen molar-refractivity contribution in [1.29, 1.82) is 0 Å². The SMILES string of the molecule is O=C(NC1CC1)c1ccc(NC2CC3CCC2C3)cc1. The Morgan fingerprint density at radius 1 is 1.00 bits per heavy atom. The highest BCUT2D eigenvalue weighted by Crippen LogP contribution is 2.45. The molecule has 3 nitrogen and oxygen atoms in total. The number of fused-ring (bicyclic) bond motifs is 2. The molecule has 3 aliphatic carbocycles. The fourth-order valence-corrected chi connectivity index (χ4v) is 3.85. The van der Waals surface area contributed by atoms with Gasteiger partial charge in [-0.05, 0) is 68.2 Å². The van der Waals surface area contributed by atoms with Crippen LogP contribution in [0.1, 0.15) is 48.9 Å². The Kier molecular flexibility index (Phi) is 2.94. The minimum Gasteiger partial charge on any atom is -0.382 e. The van der Waals surface area contributed by atoms with Crippen molar-refractivity contribution >= 4 is 11.6 Å². The lowest BCUT2D eigenvalue weighted by Gasteiger charge is -2.24. The van der Waals surface area contributed by atoms with Crippen molar-refractivity contribution in [2.75, 3.05) is 5.32 Å². The molecule has 3 saturated carbocycles. The van der Waals surface area contributed by atoms with Crippen LogP contribution in [-0.2, 0) is 0 Å². The summed E-state index contributed by atoms with van der Waals surface area (Å²) < 4.78 is 0. The van der Waals surface area contributed by atoms with Crippen molar-refractivity contribution in [2.24, 2.45) is 11.8 Å². The van der Waals surface area contributed by atoms with Crippen LogP contribution in [-0.4, -0.2) is 18.0 Å². The molecule has 1 aromatic rings. The first-order valence-corrected chi connectivity index (χ1v) is 7.95. The lowest BCUT2D eigenvalue weighted by atomic mass is 9.95. The molecule has 106 valence electrons. The third kappa shape index (κ3) is 2.41. The maximum atomic E-state index is 11.9. The van der Waals surface area contributed by atoms with E-state index in [2.05, 4.69) is 10.6 Å². The van der Waals surface area contributed by atoms with Crippen LogP contribution in [0.3, 0.4) is 0 Å². The van der Waals surface area contributed by atoms with Crippen molar-refractivity contribution in [3.05, 3.63) is 29.8 Å². The number of hydrogen-bond donors (Lipinski definition) is 2. The zero-order valence-electron chi connectivity index (χ0n) is 11.8. The third-order valence-corrected chi connectivity index (χ3v) is 5.15. The van der Waals surface area contributed by atoms with Crippen LogP contribution < -0.4 is 10.6 Å². The molecule has 3 unspecified atom stereocenters. The smallest absolute Gasteiger partial charge is 0.251 e. The first kappa shape index (κ1) is 12.2. The fourth-order valence-electron chi connectivity index (χ4n) is 3.85. The van der Waals surface area contributed by atoms with E-state index in [1.165, 1.54) is 25.7 Å². The van der Waals surface area contributed by atoms with Crippen LogP contribution in [0.15, 0.2) is 24.3 Å². The van der Waals surface area contributed by atoms with E-state index in [1.807, 2.05) is 24.3 Å². The van der Waals surface area contributed by atoms with Gasteiger partial charge in [-0.3, -0.25) is 4.79 Å². The highest BCUT2D eigenvalue weighted by atomic mass is 16.1. The Morgan fingerprint density at radius 2 is 1.80 bits per heavy atom. The molecule has 1 amide bonds. The van der Waals surface area contributed by atoms with Crippen LogP contribution in [0.4, 0.5) is 5.69 Å². The topological polar surface area (TPSA) is 41.1 Å². The molecule has 0 radical (unpaired) electrons. The molecule has 1 aromatic carbocycles. The number of rotatable bonds is 4. The molecule has 0 aromatic heterocycles. The van der Waals surface area contributed by atoms with Gasteiger partial charge in [-0.2, -0.15) is 0 Å². The first-order chi connectivity index (χ1) is 9.78. The maximum absolute atomic E-state index is 11.9. The molecular weight excluding hydrogens is 248 g/mol. The number of amides is 1. The lowest BCUT2D eigenvalue weighted by Crippen LogP contribution is -2.26. The molecule has 4 rings (SSSR count). The molecule has 20 heavy (non-hydrogen) atoms. The number of anilines is 1. The summed E-state index contributed by atoms with van der Waals surface area (Å²) in [5.74, 6) is 1.90. The molecule has 0 spiro atoms. The van der Waals surface area contributed by atoms with Crippen LogP contribution in [0, 0.1) is 11.8 Å². The van der Waals surface area contributed by atoms with Gasteiger partial charge in [0.15, 0.2) is 0 Å². The largest absolute Gasteiger partial charge is 0.382 e. The molecule has 3 atom stereocenters. The summed E-state index contributed by atoms with van der Waals surface area (Å²) in [4.78, 5) is 11.9. The van der Waals surface area contributed by atoms with Gasteiger partial charge >= 0.3 is 0 Å². The Labute approximate surface area is 120 Å². The van der Waals surface area contributed by atoms with Crippen molar-refractivity contribution in [1.82, 2.24) is 5.32 Å². The van der Waals surface area contributed by atoms with Gasteiger partial charge in [-0.25, -0.2) is 0 Å². The van der Waals surface area contributed by atoms with Gasteiger partial charge in [0.1, 0.15) is 0 Å². The van der Waals surface area contributed by atoms with Crippen molar-refractivity contribution in [3.63, 3.8) is 0 Å². The molecule has 2 N–H and O–H groups in total. The molecular formula is C17H22N2O. The predicted molar refractivity (Wildman–Crippen MR) is 79.8 cm³/mol. The van der Waals surface area contributed by atoms with Gasteiger partial charge in [0, 0.05) is 23.3 Å². The van der Waals surface area contributed by atoms with E-state index in [9.17, 15) is 4.79 Å². The van der Waals surface area contributed by atoms with Gasteiger partial charge in [0.05, 0.1) is 0 Å². The molecule has 0 heterocycles. The fraction of sp³-hybridized carbons (Fsp3) is 0.588. The highest BCUT2D eigenvalue weighted by molar-refractivity contribution is 5.94. The van der Waals surface area contributed by atoms with Crippen LogP contribution in [0.5, 0.6) is 0 Å². The Hall–Kier alpha value is -1.51. The Bertz CT molecular complexity index is 506. The first-order valence-electron chi connectivity index (χ1n) is 7.95. The predicted octanol–water partition coefficient (Wildman–Crippen LogP) is 3.18. The zero-order chi connectivity index (χ0) is 13.5. The zero-order valence-corrected chi connectivity index (χ0v) is 11.8. The van der Waals surface area contributed by atoms with Crippen LogP contribution in [0.2, 0.25) is 0 Å². The second kappa shape index (κ2) is 4.80. The average molecular weight is 270 g/mol. The lowest BCUT2D eigenvalue weighted by molar-refractivity contribution is 0.0951. The molecule has 3 fully saturated rings. The van der Waals surface area contributed by atoms with E-state index < -0.39 is 0 Å². The van der Waals surface area contributed by atoms with Crippen LogP contribution in [0.25, 0.3) is 0 Å². The summed E-state index contributed by atoms with van der Waals surface area (Å²) in [6.45, 7) is 0. The average Bonchev–Trinajstić information content (AvgIpc) is 3.03. The summed E-state index contributed by atoms with van der Waals surface area (Å²) in [5, 5.41) is 6.69. The number of carbonyl (C=O) groups excluding carboxylic acids is 1. The van der Waals surface area contributed by atoms with Crippen molar-refractivity contribution in [3.8, 4) is 0 Å². The van der Waals surface area contributed by atoms with Gasteiger partial charge in [-0.1, -0.05) is 6.42 Å². The monoisotopic (exact) mass is 270 g/mol. The quantitative estimate of drug-likeness (QED) is 0.882.